The maximum absolute atomic E-state index is 4.57. The lowest BCUT2D eigenvalue weighted by Crippen LogP contribution is -2.63. The number of hydrogen-bond acceptors (Lipinski definition) is 7. The summed E-state index contributed by atoms with van der Waals surface area (Å²) in [5, 5.41) is 16.2. The molecule has 1 aliphatic rings. The third kappa shape index (κ3) is 2.99. The number of fused-ring (bicyclic) bond motifs is 1. The van der Waals surface area contributed by atoms with Gasteiger partial charge in [-0.3, -0.25) is 10.3 Å². The van der Waals surface area contributed by atoms with Crippen molar-refractivity contribution in [3.05, 3.63) is 5.69 Å². The Kier molecular flexibility index (Phi) is 4.46. The zero-order valence-electron chi connectivity index (χ0n) is 13.3. The summed E-state index contributed by atoms with van der Waals surface area (Å²) in [6.07, 6.45) is 1.01. The van der Waals surface area contributed by atoms with Gasteiger partial charge in [0.05, 0.1) is 0 Å². The Morgan fingerprint density at radius 3 is 2.57 bits per heavy atom. The van der Waals surface area contributed by atoms with Crippen molar-refractivity contribution in [1.29, 1.82) is 0 Å². The van der Waals surface area contributed by atoms with Crippen molar-refractivity contribution in [2.24, 2.45) is 4.99 Å². The van der Waals surface area contributed by atoms with Crippen molar-refractivity contribution in [2.75, 3.05) is 43.6 Å². The van der Waals surface area contributed by atoms with E-state index in [0.717, 1.165) is 36.0 Å². The van der Waals surface area contributed by atoms with Crippen LogP contribution in [0.25, 0.3) is 0 Å². The van der Waals surface area contributed by atoms with Gasteiger partial charge < -0.3 is 21.3 Å². The summed E-state index contributed by atoms with van der Waals surface area (Å²) >= 11 is 0. The van der Waals surface area contributed by atoms with Gasteiger partial charge in [0.1, 0.15) is 11.4 Å². The first kappa shape index (κ1) is 15.3. The Morgan fingerprint density at radius 2 is 2.00 bits per heavy atom. The van der Waals surface area contributed by atoms with E-state index in [1.165, 1.54) is 0 Å². The number of nitrogens with zero attached hydrogens (tertiary/aromatic N) is 3. The normalized spacial score (nSPS) is 22.2. The summed E-state index contributed by atoms with van der Waals surface area (Å²) in [7, 11) is 5.46. The average Bonchev–Trinajstić information content (AvgIpc) is 2.51. The van der Waals surface area contributed by atoms with Crippen LogP contribution in [0.2, 0.25) is 0 Å². The molecule has 0 saturated carbocycles. The molecule has 0 aromatic carbocycles. The van der Waals surface area contributed by atoms with Crippen molar-refractivity contribution in [3.63, 3.8) is 0 Å². The minimum absolute atomic E-state index is 0.505. The molecule has 5 N–H and O–H groups in total. The Bertz CT molecular complexity index is 541. The van der Waals surface area contributed by atoms with Crippen molar-refractivity contribution < 1.29 is 0 Å². The minimum Gasteiger partial charge on any atom is -0.371 e. The molecule has 1 unspecified atom stereocenters. The third-order valence-corrected chi connectivity index (χ3v) is 3.37. The zero-order valence-corrected chi connectivity index (χ0v) is 13.3. The van der Waals surface area contributed by atoms with Gasteiger partial charge in [-0.05, 0) is 20.4 Å². The lowest BCUT2D eigenvalue weighted by atomic mass is 10.2. The van der Waals surface area contributed by atoms with Gasteiger partial charge >= 0.3 is 0 Å². The number of nitrogens with one attached hydrogen (secondary N) is 5. The molecule has 2 heterocycles. The fourth-order valence-corrected chi connectivity index (χ4v) is 2.11. The van der Waals surface area contributed by atoms with Crippen molar-refractivity contribution in [2.45, 2.75) is 26.1 Å². The molecule has 0 spiro atoms. The van der Waals surface area contributed by atoms with Gasteiger partial charge in [0, 0.05) is 20.6 Å². The van der Waals surface area contributed by atoms with E-state index in [2.05, 4.69) is 48.5 Å². The van der Waals surface area contributed by atoms with E-state index in [0.29, 0.717) is 5.95 Å². The highest BCUT2D eigenvalue weighted by atomic mass is 15.4. The molecule has 1 aromatic heterocycles. The maximum atomic E-state index is 4.57. The molecule has 0 aliphatic carbocycles. The average molecular weight is 292 g/mol. The number of aliphatic imine (C=N–C) groups is 1. The third-order valence-electron chi connectivity index (χ3n) is 3.37. The van der Waals surface area contributed by atoms with Crippen LogP contribution >= 0.6 is 0 Å². The largest absolute Gasteiger partial charge is 0.371 e. The highest BCUT2D eigenvalue weighted by Crippen LogP contribution is 2.30. The second-order valence-corrected chi connectivity index (χ2v) is 4.99. The summed E-state index contributed by atoms with van der Waals surface area (Å²) < 4.78 is 0. The summed E-state index contributed by atoms with van der Waals surface area (Å²) in [5.74, 6) is 1.55. The Morgan fingerprint density at radius 1 is 1.24 bits per heavy atom. The second-order valence-electron chi connectivity index (χ2n) is 4.99. The van der Waals surface area contributed by atoms with Gasteiger partial charge in [-0.2, -0.15) is 4.98 Å². The number of hydrogen-bond donors (Lipinski definition) is 5. The Labute approximate surface area is 125 Å². The van der Waals surface area contributed by atoms with E-state index in [1.54, 1.807) is 7.05 Å². The molecule has 0 amide bonds. The van der Waals surface area contributed by atoms with Crippen LogP contribution in [0.5, 0.6) is 0 Å². The van der Waals surface area contributed by atoms with E-state index in [4.69, 9.17) is 0 Å². The first-order valence-corrected chi connectivity index (χ1v) is 7.13. The van der Waals surface area contributed by atoms with E-state index in [-0.39, 0.29) is 0 Å². The predicted octanol–water partition coefficient (Wildman–Crippen LogP) is 0.625. The lowest BCUT2D eigenvalue weighted by molar-refractivity contribution is 0.402. The monoisotopic (exact) mass is 292 g/mol. The van der Waals surface area contributed by atoms with Crippen LogP contribution in [-0.2, 0) is 0 Å². The Hall–Kier alpha value is -2.09. The molecule has 0 saturated heterocycles. The SMILES string of the molecule is CCCNc1nc(NC)c2c(n1)C(=NC)NC(C)(NC)N2. The summed E-state index contributed by atoms with van der Waals surface area (Å²) in [5.41, 5.74) is 1.58. The molecule has 1 aliphatic heterocycles. The minimum atomic E-state index is -0.505. The number of aromatic nitrogens is 2. The quantitative estimate of drug-likeness (QED) is 0.543. The van der Waals surface area contributed by atoms with Crippen LogP contribution < -0.4 is 26.6 Å². The van der Waals surface area contributed by atoms with E-state index < -0.39 is 5.79 Å². The molecule has 1 aromatic rings. The smallest absolute Gasteiger partial charge is 0.225 e. The number of rotatable bonds is 5. The summed E-state index contributed by atoms with van der Waals surface area (Å²) in [6.45, 7) is 4.92. The van der Waals surface area contributed by atoms with E-state index in [1.807, 2.05) is 21.0 Å². The molecule has 21 heavy (non-hydrogen) atoms. The van der Waals surface area contributed by atoms with Crippen molar-refractivity contribution in [1.82, 2.24) is 20.6 Å². The van der Waals surface area contributed by atoms with Crippen LogP contribution in [0.3, 0.4) is 0 Å². The maximum Gasteiger partial charge on any atom is 0.225 e. The second kappa shape index (κ2) is 6.13. The van der Waals surface area contributed by atoms with Crippen LogP contribution in [-0.4, -0.2) is 49.3 Å². The van der Waals surface area contributed by atoms with E-state index >= 15 is 0 Å². The van der Waals surface area contributed by atoms with Gasteiger partial charge in [-0.25, -0.2) is 4.98 Å². The topological polar surface area (TPSA) is 98.3 Å². The van der Waals surface area contributed by atoms with E-state index in [9.17, 15) is 0 Å². The highest BCUT2D eigenvalue weighted by molar-refractivity contribution is 6.06. The van der Waals surface area contributed by atoms with Gasteiger partial charge in [0.15, 0.2) is 17.4 Å². The first-order valence-electron chi connectivity index (χ1n) is 7.13. The standard InChI is InChI=1S/C13H24N8/c1-6-7-17-12-18-8-9(10(14-3)19-12)20-13(2,16-5)21-11(8)15-4/h16,20H,6-7H2,1-5H3,(H,15,21)(H2,14,17,18,19). The predicted molar refractivity (Wildman–Crippen MR) is 87.0 cm³/mol. The van der Waals surface area contributed by atoms with Crippen LogP contribution in [0.1, 0.15) is 26.0 Å². The molecule has 0 bridgehead atoms. The van der Waals surface area contributed by atoms with Crippen LogP contribution in [0, 0.1) is 0 Å². The van der Waals surface area contributed by atoms with Crippen LogP contribution in [0.15, 0.2) is 4.99 Å². The summed E-state index contributed by atoms with van der Waals surface area (Å²) in [6, 6.07) is 0. The van der Waals surface area contributed by atoms with Crippen molar-refractivity contribution in [3.8, 4) is 0 Å². The lowest BCUT2D eigenvalue weighted by Gasteiger charge is -2.38. The molecule has 8 heteroatoms. The first-order chi connectivity index (χ1) is 10.1. The van der Waals surface area contributed by atoms with Crippen LogP contribution in [0.4, 0.5) is 17.5 Å². The van der Waals surface area contributed by atoms with Gasteiger partial charge in [0.2, 0.25) is 5.95 Å². The fourth-order valence-electron chi connectivity index (χ4n) is 2.11. The molecule has 0 radical (unpaired) electrons. The zero-order chi connectivity index (χ0) is 15.5. The van der Waals surface area contributed by atoms with Gasteiger partial charge in [0.25, 0.3) is 0 Å². The Balaban J connectivity index is 2.50. The summed E-state index contributed by atoms with van der Waals surface area (Å²) in [4.78, 5) is 13.4. The fraction of sp³-hybridized carbons (Fsp3) is 0.615. The molecular formula is C13H24N8. The molecular weight excluding hydrogens is 268 g/mol. The molecule has 8 nitrogen and oxygen atoms in total. The van der Waals surface area contributed by atoms with Crippen molar-refractivity contribution >= 4 is 23.3 Å². The van der Waals surface area contributed by atoms with Gasteiger partial charge in [-0.1, -0.05) is 6.92 Å². The van der Waals surface area contributed by atoms with Gasteiger partial charge in [-0.15, -0.1) is 0 Å². The molecule has 0 fully saturated rings. The molecule has 2 rings (SSSR count). The molecule has 1 atom stereocenters. The number of anilines is 3. The molecule has 116 valence electrons. The highest BCUT2D eigenvalue weighted by Gasteiger charge is 2.33. The number of amidine groups is 1.